The smallest absolute Gasteiger partial charge is 0.118 e. The first-order valence-corrected chi connectivity index (χ1v) is 6.36. The van der Waals surface area contributed by atoms with Crippen LogP contribution in [0.15, 0.2) is 24.3 Å². The van der Waals surface area contributed by atoms with Gasteiger partial charge in [0.15, 0.2) is 0 Å². The zero-order valence-corrected chi connectivity index (χ0v) is 10.6. The molecule has 1 fully saturated rings. The zero-order chi connectivity index (χ0) is 13.1. The number of ether oxygens (including phenoxy) is 1. The summed E-state index contributed by atoms with van der Waals surface area (Å²) < 4.78 is 5.08. The van der Waals surface area contributed by atoms with Gasteiger partial charge in [-0.25, -0.2) is 0 Å². The van der Waals surface area contributed by atoms with Gasteiger partial charge in [0.2, 0.25) is 0 Å². The molecule has 100 valence electrons. The van der Waals surface area contributed by atoms with Crippen LogP contribution >= 0.6 is 0 Å². The van der Waals surface area contributed by atoms with Gasteiger partial charge in [0, 0.05) is 6.04 Å². The highest BCUT2D eigenvalue weighted by molar-refractivity contribution is 5.27. The van der Waals surface area contributed by atoms with E-state index in [2.05, 4.69) is 0 Å². The van der Waals surface area contributed by atoms with Crippen molar-refractivity contribution in [3.05, 3.63) is 29.8 Å². The summed E-state index contributed by atoms with van der Waals surface area (Å²) in [6.45, 7) is 0. The lowest BCUT2D eigenvalue weighted by Crippen LogP contribution is -2.45. The molecule has 0 spiro atoms. The van der Waals surface area contributed by atoms with Crippen LogP contribution in [0.2, 0.25) is 0 Å². The summed E-state index contributed by atoms with van der Waals surface area (Å²) in [4.78, 5) is 0. The second-order valence-corrected chi connectivity index (χ2v) is 5.03. The first-order valence-electron chi connectivity index (χ1n) is 6.36. The molecule has 1 aliphatic rings. The van der Waals surface area contributed by atoms with Gasteiger partial charge in [0.25, 0.3) is 0 Å². The monoisotopic (exact) mass is 251 g/mol. The number of hydrogen-bond acceptors (Lipinski definition) is 4. The van der Waals surface area contributed by atoms with Gasteiger partial charge >= 0.3 is 0 Å². The molecule has 0 amide bonds. The summed E-state index contributed by atoms with van der Waals surface area (Å²) in [5.41, 5.74) is 6.98. The Balaban J connectivity index is 1.90. The van der Waals surface area contributed by atoms with Crippen molar-refractivity contribution < 1.29 is 14.9 Å². The third-order valence-electron chi connectivity index (χ3n) is 3.52. The van der Waals surface area contributed by atoms with Gasteiger partial charge < -0.3 is 20.7 Å². The van der Waals surface area contributed by atoms with Crippen LogP contribution in [-0.4, -0.2) is 35.6 Å². The molecule has 0 aliphatic heterocycles. The summed E-state index contributed by atoms with van der Waals surface area (Å²) in [5, 5.41) is 19.8. The summed E-state index contributed by atoms with van der Waals surface area (Å²) in [6.07, 6.45) is 1.01. The molecule has 4 N–H and O–H groups in total. The zero-order valence-electron chi connectivity index (χ0n) is 10.6. The lowest BCUT2D eigenvalue weighted by atomic mass is 9.96. The van der Waals surface area contributed by atoms with E-state index in [0.717, 1.165) is 24.2 Å². The topological polar surface area (TPSA) is 75.7 Å². The van der Waals surface area contributed by atoms with Crippen molar-refractivity contribution in [2.75, 3.05) is 7.11 Å². The van der Waals surface area contributed by atoms with Gasteiger partial charge in [0.1, 0.15) is 5.75 Å². The highest BCUT2D eigenvalue weighted by Gasteiger charge is 2.36. The van der Waals surface area contributed by atoms with E-state index in [-0.39, 0.29) is 5.92 Å². The molecule has 2 rings (SSSR count). The van der Waals surface area contributed by atoms with Gasteiger partial charge in [-0.1, -0.05) is 12.1 Å². The minimum atomic E-state index is -0.848. The van der Waals surface area contributed by atoms with E-state index in [1.165, 1.54) is 0 Å². The van der Waals surface area contributed by atoms with Crippen LogP contribution in [0.5, 0.6) is 5.75 Å². The average molecular weight is 251 g/mol. The predicted octanol–water partition coefficient (Wildman–Crippen LogP) is 0.697. The van der Waals surface area contributed by atoms with Crippen LogP contribution < -0.4 is 10.5 Å². The van der Waals surface area contributed by atoms with E-state index >= 15 is 0 Å². The van der Waals surface area contributed by atoms with Gasteiger partial charge in [0.05, 0.1) is 19.3 Å². The van der Waals surface area contributed by atoms with Crippen LogP contribution in [0.3, 0.4) is 0 Å². The lowest BCUT2D eigenvalue weighted by molar-refractivity contribution is -0.00811. The van der Waals surface area contributed by atoms with Crippen molar-refractivity contribution >= 4 is 0 Å². The Hall–Kier alpha value is -1.10. The molecule has 0 aromatic heterocycles. The van der Waals surface area contributed by atoms with E-state index < -0.39 is 18.2 Å². The van der Waals surface area contributed by atoms with Crippen LogP contribution in [0.25, 0.3) is 0 Å². The normalized spacial score (nSPS) is 20.2. The maximum Gasteiger partial charge on any atom is 0.118 e. The summed E-state index contributed by atoms with van der Waals surface area (Å²) in [6, 6.07) is 7.15. The Morgan fingerprint density at radius 1 is 1.28 bits per heavy atom. The molecule has 4 heteroatoms. The van der Waals surface area contributed by atoms with Crippen molar-refractivity contribution in [1.82, 2.24) is 0 Å². The Morgan fingerprint density at radius 3 is 2.39 bits per heavy atom. The highest BCUT2D eigenvalue weighted by Crippen LogP contribution is 2.34. The number of methoxy groups -OCH3 is 1. The number of aliphatic hydroxyl groups excluding tert-OH is 2. The van der Waals surface area contributed by atoms with E-state index in [1.807, 2.05) is 24.3 Å². The quantitative estimate of drug-likeness (QED) is 0.695. The third kappa shape index (κ3) is 3.22. The van der Waals surface area contributed by atoms with E-state index in [1.54, 1.807) is 7.11 Å². The number of benzene rings is 1. The van der Waals surface area contributed by atoms with Crippen molar-refractivity contribution in [1.29, 1.82) is 0 Å². The molecule has 0 radical (unpaired) electrons. The second kappa shape index (κ2) is 5.69. The minimum absolute atomic E-state index is 0.238. The molecule has 0 unspecified atom stereocenters. The molecule has 3 atom stereocenters. The van der Waals surface area contributed by atoms with Crippen molar-refractivity contribution in [3.63, 3.8) is 0 Å². The van der Waals surface area contributed by atoms with E-state index in [4.69, 9.17) is 10.5 Å². The standard InChI is InChI=1S/C14H21NO3/c1-18-11-6-2-9(3-7-11)8-12(15)14(17)13(16)10-4-5-10/h2-3,6-7,10,12-14,16-17H,4-5,8,15H2,1H3/t12-,13-,14+/m0/s1. The van der Waals surface area contributed by atoms with Crippen LogP contribution in [-0.2, 0) is 6.42 Å². The molecule has 1 aliphatic carbocycles. The number of aliphatic hydroxyl groups is 2. The fourth-order valence-corrected chi connectivity index (χ4v) is 2.12. The molecule has 1 aromatic carbocycles. The van der Waals surface area contributed by atoms with Gasteiger partial charge in [-0.05, 0) is 42.9 Å². The molecule has 1 aromatic rings. The Labute approximate surface area is 107 Å². The average Bonchev–Trinajstić information content (AvgIpc) is 3.22. The maximum absolute atomic E-state index is 9.96. The Bertz CT molecular complexity index is 375. The Kier molecular flexibility index (Phi) is 4.22. The molecule has 18 heavy (non-hydrogen) atoms. The molecular weight excluding hydrogens is 230 g/mol. The van der Waals surface area contributed by atoms with Crippen LogP contribution in [0.1, 0.15) is 18.4 Å². The lowest BCUT2D eigenvalue weighted by Gasteiger charge is -2.23. The summed E-state index contributed by atoms with van der Waals surface area (Å²) in [7, 11) is 1.62. The first-order chi connectivity index (χ1) is 8.61. The molecule has 4 nitrogen and oxygen atoms in total. The third-order valence-corrected chi connectivity index (χ3v) is 3.52. The fourth-order valence-electron chi connectivity index (χ4n) is 2.12. The maximum atomic E-state index is 9.96. The largest absolute Gasteiger partial charge is 0.497 e. The van der Waals surface area contributed by atoms with Gasteiger partial charge in [-0.3, -0.25) is 0 Å². The fraction of sp³-hybridized carbons (Fsp3) is 0.571. The van der Waals surface area contributed by atoms with Crippen LogP contribution in [0, 0.1) is 5.92 Å². The molecular formula is C14H21NO3. The minimum Gasteiger partial charge on any atom is -0.497 e. The molecule has 0 saturated heterocycles. The molecule has 0 heterocycles. The van der Waals surface area contributed by atoms with Gasteiger partial charge in [-0.2, -0.15) is 0 Å². The number of hydrogen-bond donors (Lipinski definition) is 3. The van der Waals surface area contributed by atoms with E-state index in [9.17, 15) is 10.2 Å². The van der Waals surface area contributed by atoms with Gasteiger partial charge in [-0.15, -0.1) is 0 Å². The number of rotatable bonds is 6. The predicted molar refractivity (Wildman–Crippen MR) is 69.4 cm³/mol. The summed E-state index contributed by atoms with van der Waals surface area (Å²) in [5.74, 6) is 1.04. The van der Waals surface area contributed by atoms with E-state index in [0.29, 0.717) is 6.42 Å². The SMILES string of the molecule is COc1ccc(C[C@H](N)[C@@H](O)[C@@H](O)C2CC2)cc1. The molecule has 0 bridgehead atoms. The second-order valence-electron chi connectivity index (χ2n) is 5.03. The molecule has 1 saturated carbocycles. The highest BCUT2D eigenvalue weighted by atomic mass is 16.5. The Morgan fingerprint density at radius 2 is 1.89 bits per heavy atom. The van der Waals surface area contributed by atoms with Crippen LogP contribution in [0.4, 0.5) is 0 Å². The van der Waals surface area contributed by atoms with Crippen molar-refractivity contribution in [2.45, 2.75) is 37.5 Å². The van der Waals surface area contributed by atoms with Crippen molar-refractivity contribution in [2.24, 2.45) is 11.7 Å². The van der Waals surface area contributed by atoms with Crippen molar-refractivity contribution in [3.8, 4) is 5.75 Å². The first kappa shape index (κ1) is 13.3. The number of nitrogens with two attached hydrogens (primary N) is 1. The summed E-state index contributed by atoms with van der Waals surface area (Å²) >= 11 is 0.